The van der Waals surface area contributed by atoms with Gasteiger partial charge in [-0.3, -0.25) is 0 Å². The van der Waals surface area contributed by atoms with Gasteiger partial charge in [-0.1, -0.05) is 56.3 Å². The van der Waals surface area contributed by atoms with E-state index in [0.717, 1.165) is 35.6 Å². The van der Waals surface area contributed by atoms with Crippen molar-refractivity contribution in [3.8, 4) is 0 Å². The van der Waals surface area contributed by atoms with Crippen molar-refractivity contribution in [3.63, 3.8) is 0 Å². The molecule has 1 aromatic carbocycles. The Kier molecular flexibility index (Phi) is 5.78. The molecule has 0 radical (unpaired) electrons. The Morgan fingerprint density at radius 1 is 0.955 bits per heavy atom. The van der Waals surface area contributed by atoms with Crippen LogP contribution in [0.15, 0.2) is 24.3 Å². The number of ether oxygens (including phenoxy) is 2. The fourth-order valence-corrected chi connectivity index (χ4v) is 4.09. The van der Waals surface area contributed by atoms with Crippen molar-refractivity contribution in [2.45, 2.75) is 51.7 Å². The molecule has 0 atom stereocenters. The molecule has 3 heteroatoms. The highest BCUT2D eigenvalue weighted by atomic mass is 35.5. The summed E-state index contributed by atoms with van der Waals surface area (Å²) in [6.07, 6.45) is 8.02. The summed E-state index contributed by atoms with van der Waals surface area (Å²) < 4.78 is 12.0. The van der Waals surface area contributed by atoms with Crippen LogP contribution in [0.3, 0.4) is 0 Å². The second kappa shape index (κ2) is 7.81. The molecule has 0 aromatic heterocycles. The molecule has 3 rings (SSSR count). The Morgan fingerprint density at radius 2 is 1.59 bits per heavy atom. The van der Waals surface area contributed by atoms with Crippen LogP contribution in [0.25, 0.3) is 0 Å². The summed E-state index contributed by atoms with van der Waals surface area (Å²) in [6.45, 7) is 3.96. The van der Waals surface area contributed by atoms with Crippen LogP contribution in [-0.4, -0.2) is 13.2 Å². The molecule has 0 amide bonds. The number of hydrogen-bond acceptors (Lipinski definition) is 2. The average Bonchev–Trinajstić information content (AvgIpc) is 2.57. The summed E-state index contributed by atoms with van der Waals surface area (Å²) in [5.74, 6) is 2.33. The van der Waals surface area contributed by atoms with E-state index in [2.05, 4.69) is 6.92 Å². The van der Waals surface area contributed by atoms with Crippen LogP contribution >= 0.6 is 11.6 Å². The summed E-state index contributed by atoms with van der Waals surface area (Å²) in [4.78, 5) is 0. The fraction of sp³-hybridized carbons (Fsp3) is 0.684. The van der Waals surface area contributed by atoms with Gasteiger partial charge < -0.3 is 9.47 Å². The first-order valence-electron chi connectivity index (χ1n) is 8.75. The van der Waals surface area contributed by atoms with Crippen LogP contribution < -0.4 is 0 Å². The Hall–Kier alpha value is -0.570. The van der Waals surface area contributed by atoms with Gasteiger partial charge in [0.2, 0.25) is 0 Å². The second-order valence-corrected chi connectivity index (χ2v) is 7.32. The Balaban J connectivity index is 1.47. The van der Waals surface area contributed by atoms with Crippen LogP contribution in [0.5, 0.6) is 0 Å². The van der Waals surface area contributed by atoms with E-state index in [1.54, 1.807) is 0 Å². The fourth-order valence-electron chi connectivity index (χ4n) is 3.96. The molecule has 0 N–H and O–H groups in total. The lowest BCUT2D eigenvalue weighted by molar-refractivity contribution is -0.214. The van der Waals surface area contributed by atoms with Gasteiger partial charge in [-0.05, 0) is 36.8 Å². The van der Waals surface area contributed by atoms with Crippen molar-refractivity contribution in [1.29, 1.82) is 0 Å². The molecule has 1 saturated carbocycles. The molecule has 0 unspecified atom stereocenters. The molecule has 122 valence electrons. The van der Waals surface area contributed by atoms with Crippen molar-refractivity contribution >= 4 is 11.6 Å². The van der Waals surface area contributed by atoms with Crippen molar-refractivity contribution in [2.24, 2.45) is 17.8 Å². The van der Waals surface area contributed by atoms with Gasteiger partial charge in [0, 0.05) is 16.5 Å². The van der Waals surface area contributed by atoms with E-state index in [1.807, 2.05) is 24.3 Å². The van der Waals surface area contributed by atoms with E-state index in [-0.39, 0.29) is 6.29 Å². The Labute approximate surface area is 139 Å². The smallest absolute Gasteiger partial charge is 0.183 e. The molecular weight excluding hydrogens is 296 g/mol. The van der Waals surface area contributed by atoms with Crippen molar-refractivity contribution in [2.75, 3.05) is 13.2 Å². The van der Waals surface area contributed by atoms with Crippen molar-refractivity contribution < 1.29 is 9.47 Å². The number of rotatable bonds is 4. The van der Waals surface area contributed by atoms with Gasteiger partial charge in [-0.15, -0.1) is 0 Å². The molecule has 1 saturated heterocycles. The van der Waals surface area contributed by atoms with E-state index < -0.39 is 0 Å². The number of halogens is 1. The molecule has 1 heterocycles. The van der Waals surface area contributed by atoms with Crippen LogP contribution in [0, 0.1) is 17.8 Å². The van der Waals surface area contributed by atoms with Gasteiger partial charge >= 0.3 is 0 Å². The zero-order valence-corrected chi connectivity index (χ0v) is 14.2. The van der Waals surface area contributed by atoms with E-state index in [4.69, 9.17) is 21.1 Å². The number of benzene rings is 1. The van der Waals surface area contributed by atoms with Crippen LogP contribution in [0.2, 0.25) is 5.02 Å². The van der Waals surface area contributed by atoms with Gasteiger partial charge in [-0.25, -0.2) is 0 Å². The summed E-state index contributed by atoms with van der Waals surface area (Å²) >= 11 is 5.93. The monoisotopic (exact) mass is 322 g/mol. The van der Waals surface area contributed by atoms with Crippen LogP contribution in [0.4, 0.5) is 0 Å². The van der Waals surface area contributed by atoms with E-state index >= 15 is 0 Å². The third-order valence-electron chi connectivity index (χ3n) is 5.32. The lowest BCUT2D eigenvalue weighted by Gasteiger charge is -2.37. The zero-order valence-electron chi connectivity index (χ0n) is 13.5. The molecule has 2 fully saturated rings. The van der Waals surface area contributed by atoms with E-state index in [9.17, 15) is 0 Å². The molecule has 2 aliphatic rings. The predicted molar refractivity (Wildman–Crippen MR) is 89.9 cm³/mol. The van der Waals surface area contributed by atoms with Crippen molar-refractivity contribution in [1.82, 2.24) is 0 Å². The van der Waals surface area contributed by atoms with Gasteiger partial charge in [0.05, 0.1) is 13.2 Å². The van der Waals surface area contributed by atoms with Crippen LogP contribution in [0.1, 0.15) is 57.3 Å². The molecule has 1 aromatic rings. The van der Waals surface area contributed by atoms with Gasteiger partial charge in [0.1, 0.15) is 0 Å². The first-order chi connectivity index (χ1) is 10.8. The molecule has 0 bridgehead atoms. The average molecular weight is 323 g/mol. The van der Waals surface area contributed by atoms with E-state index in [0.29, 0.717) is 5.92 Å². The normalized spacial score (nSPS) is 32.8. The molecule has 1 aliphatic heterocycles. The number of hydrogen-bond donors (Lipinski definition) is 0. The highest BCUT2D eigenvalue weighted by molar-refractivity contribution is 6.30. The predicted octanol–water partition coefficient (Wildman–Crippen LogP) is 5.61. The lowest BCUT2D eigenvalue weighted by atomic mass is 9.75. The quantitative estimate of drug-likeness (QED) is 0.717. The minimum Gasteiger partial charge on any atom is -0.348 e. The Morgan fingerprint density at radius 3 is 2.18 bits per heavy atom. The minimum atomic E-state index is -0.218. The topological polar surface area (TPSA) is 18.5 Å². The molecular formula is C19H27ClO2. The molecule has 0 spiro atoms. The van der Waals surface area contributed by atoms with Crippen LogP contribution in [-0.2, 0) is 9.47 Å². The second-order valence-electron chi connectivity index (χ2n) is 6.88. The molecule has 22 heavy (non-hydrogen) atoms. The lowest BCUT2D eigenvalue weighted by Crippen LogP contribution is -2.34. The van der Waals surface area contributed by atoms with Gasteiger partial charge in [0.25, 0.3) is 0 Å². The minimum absolute atomic E-state index is 0.218. The summed E-state index contributed by atoms with van der Waals surface area (Å²) in [5.41, 5.74) is 1.06. The van der Waals surface area contributed by atoms with E-state index in [1.165, 1.54) is 38.5 Å². The van der Waals surface area contributed by atoms with Crippen molar-refractivity contribution in [3.05, 3.63) is 34.9 Å². The highest BCUT2D eigenvalue weighted by Gasteiger charge is 2.32. The largest absolute Gasteiger partial charge is 0.348 e. The maximum Gasteiger partial charge on any atom is 0.183 e. The maximum absolute atomic E-state index is 5.98. The zero-order chi connectivity index (χ0) is 15.4. The standard InChI is InChI=1S/C19H27ClO2/c1-2-3-14-4-6-15(7-5-14)17-12-21-19(22-13-17)16-8-10-18(20)11-9-16/h8-11,14-15,17,19H,2-7,12-13H2,1H3/t14?,15?,17-,19-. The Bertz CT molecular complexity index is 443. The third kappa shape index (κ3) is 4.04. The SMILES string of the molecule is CCCC1CCC([C@H]2CO[C@H](c3ccc(Cl)cc3)OC2)CC1. The van der Waals surface area contributed by atoms with Gasteiger partial charge in [0.15, 0.2) is 6.29 Å². The van der Waals surface area contributed by atoms with Gasteiger partial charge in [-0.2, -0.15) is 0 Å². The third-order valence-corrected chi connectivity index (χ3v) is 5.57. The summed E-state index contributed by atoms with van der Waals surface area (Å²) in [6, 6.07) is 7.77. The molecule has 1 aliphatic carbocycles. The first-order valence-corrected chi connectivity index (χ1v) is 9.12. The molecule has 2 nitrogen and oxygen atoms in total. The maximum atomic E-state index is 5.98. The summed E-state index contributed by atoms with van der Waals surface area (Å²) in [7, 11) is 0. The highest BCUT2D eigenvalue weighted by Crippen LogP contribution is 2.38. The first kappa shape index (κ1) is 16.3. The summed E-state index contributed by atoms with van der Waals surface area (Å²) in [5, 5.41) is 0.751.